The average molecular weight is 545 g/mol. The summed E-state index contributed by atoms with van der Waals surface area (Å²) in [5, 5.41) is 41.3. The van der Waals surface area contributed by atoms with Crippen molar-refractivity contribution in [1.82, 2.24) is 19.1 Å². The van der Waals surface area contributed by atoms with Crippen LogP contribution in [-0.2, 0) is 13.6 Å². The number of hydrogen-bond donors (Lipinski definition) is 7. The summed E-state index contributed by atoms with van der Waals surface area (Å²) in [7, 11) is -4.88. The van der Waals surface area contributed by atoms with Crippen LogP contribution in [0.4, 0.5) is 5.82 Å². The maximum Gasteiger partial charge on any atom is 0.472 e. The summed E-state index contributed by atoms with van der Waals surface area (Å²) in [6, 6.07) is 0.555. The van der Waals surface area contributed by atoms with E-state index in [1.165, 1.54) is 18.5 Å². The van der Waals surface area contributed by atoms with Crippen molar-refractivity contribution in [2.75, 3.05) is 18.9 Å². The van der Waals surface area contributed by atoms with Crippen LogP contribution in [-0.4, -0.2) is 82.1 Å². The first-order valence-corrected chi connectivity index (χ1v) is 12.9. The number of nitrogens with zero attached hydrogens (tertiary/aromatic N) is 3. The van der Waals surface area contributed by atoms with Crippen LogP contribution in [0.3, 0.4) is 0 Å². The maximum absolute atomic E-state index is 12.7. The number of hydrogen-bond acceptors (Lipinski definition) is 12. The molecule has 4 rings (SSSR count). The molecule has 2 aromatic rings. The van der Waals surface area contributed by atoms with Crippen molar-refractivity contribution < 1.29 is 38.9 Å². The van der Waals surface area contributed by atoms with Crippen LogP contribution in [0.2, 0.25) is 0 Å². The molecule has 0 amide bonds. The molecule has 37 heavy (non-hydrogen) atoms. The van der Waals surface area contributed by atoms with E-state index < -0.39 is 86.3 Å². The number of phosphoric acid groups is 1. The van der Waals surface area contributed by atoms with Gasteiger partial charge in [0.1, 0.15) is 24.1 Å². The van der Waals surface area contributed by atoms with E-state index in [0.717, 1.165) is 15.2 Å². The summed E-state index contributed by atoms with van der Waals surface area (Å²) in [6.07, 6.45) is -3.27. The third-order valence-corrected chi connectivity index (χ3v) is 7.85. The summed E-state index contributed by atoms with van der Waals surface area (Å²) in [5.41, 5.74) is 3.29. The Bertz CT molecular complexity index is 1340. The minimum Gasteiger partial charge on any atom is -0.396 e. The number of phosphoric ester groups is 1. The number of aliphatic hydroxyl groups excluding tert-OH is 4. The molecule has 2 aliphatic rings. The fourth-order valence-electron chi connectivity index (χ4n) is 4.97. The quantitative estimate of drug-likeness (QED) is 0.164. The third-order valence-electron chi connectivity index (χ3n) is 6.87. The number of H-pyrrole nitrogens is 1. The summed E-state index contributed by atoms with van der Waals surface area (Å²) >= 11 is 0. The van der Waals surface area contributed by atoms with Gasteiger partial charge in [0.25, 0.3) is 5.56 Å². The number of rotatable bonds is 8. The largest absolute Gasteiger partial charge is 0.472 e. The Morgan fingerprint density at radius 3 is 2.32 bits per heavy atom. The Morgan fingerprint density at radius 1 is 1.03 bits per heavy atom. The van der Waals surface area contributed by atoms with Gasteiger partial charge in [0, 0.05) is 36.9 Å². The van der Waals surface area contributed by atoms with E-state index >= 15 is 0 Å². The Labute approximate surface area is 208 Å². The highest BCUT2D eigenvalue weighted by Gasteiger charge is 2.48. The second-order valence-electron chi connectivity index (χ2n) is 9.17. The number of nitrogens with one attached hydrogen (secondary N) is 1. The predicted octanol–water partition coefficient (Wildman–Crippen LogP) is -2.93. The Balaban J connectivity index is 1.43. The van der Waals surface area contributed by atoms with Gasteiger partial charge in [-0.05, 0) is 18.9 Å². The van der Waals surface area contributed by atoms with Crippen molar-refractivity contribution in [2.24, 2.45) is 11.8 Å². The van der Waals surface area contributed by atoms with Crippen LogP contribution >= 0.6 is 7.82 Å². The molecule has 8 N–H and O–H groups in total. The predicted molar refractivity (Wildman–Crippen MR) is 124 cm³/mol. The fourth-order valence-corrected chi connectivity index (χ4v) is 6.01. The minimum atomic E-state index is -4.88. The molecule has 0 aromatic carbocycles. The van der Waals surface area contributed by atoms with E-state index in [4.69, 9.17) is 14.8 Å². The number of anilines is 1. The lowest BCUT2D eigenvalue weighted by atomic mass is 10.1. The number of aromatic nitrogens is 4. The van der Waals surface area contributed by atoms with Crippen molar-refractivity contribution in [2.45, 2.75) is 49.3 Å². The van der Waals surface area contributed by atoms with Gasteiger partial charge >= 0.3 is 19.2 Å². The van der Waals surface area contributed by atoms with Gasteiger partial charge in [-0.2, -0.15) is 4.98 Å². The van der Waals surface area contributed by atoms with E-state index in [0.29, 0.717) is 0 Å². The molecule has 2 aromatic heterocycles. The molecule has 2 aliphatic carbocycles. The molecule has 16 nitrogen and oxygen atoms in total. The van der Waals surface area contributed by atoms with Gasteiger partial charge in [-0.3, -0.25) is 28.0 Å². The van der Waals surface area contributed by atoms with Crippen molar-refractivity contribution in [3.8, 4) is 0 Å². The van der Waals surface area contributed by atoms with Gasteiger partial charge < -0.3 is 31.1 Å². The molecule has 0 radical (unpaired) electrons. The first kappa shape index (κ1) is 27.3. The number of aromatic amines is 1. The van der Waals surface area contributed by atoms with Gasteiger partial charge in [-0.1, -0.05) is 0 Å². The highest BCUT2D eigenvalue weighted by atomic mass is 31.2. The highest BCUT2D eigenvalue weighted by Crippen LogP contribution is 2.51. The number of nitrogen functional groups attached to an aromatic ring is 1. The first-order chi connectivity index (χ1) is 17.4. The molecule has 0 aliphatic heterocycles. The molecule has 2 heterocycles. The normalized spacial score (nSPS) is 33.4. The summed E-state index contributed by atoms with van der Waals surface area (Å²) in [5.74, 6) is -1.75. The van der Waals surface area contributed by atoms with Gasteiger partial charge in [0.15, 0.2) is 0 Å². The van der Waals surface area contributed by atoms with Gasteiger partial charge in [-0.15, -0.1) is 0 Å². The molecule has 2 saturated carbocycles. The lowest BCUT2D eigenvalue weighted by Gasteiger charge is -2.25. The van der Waals surface area contributed by atoms with Crippen LogP contribution in [0.15, 0.2) is 38.9 Å². The molecule has 204 valence electrons. The Kier molecular flexibility index (Phi) is 7.83. The topological polar surface area (TPSA) is 252 Å². The maximum atomic E-state index is 12.7. The van der Waals surface area contributed by atoms with Gasteiger partial charge in [0.2, 0.25) is 0 Å². The molecule has 9 atom stereocenters. The van der Waals surface area contributed by atoms with Crippen LogP contribution in [0, 0.1) is 11.8 Å². The van der Waals surface area contributed by atoms with Crippen molar-refractivity contribution in [1.29, 1.82) is 0 Å². The van der Waals surface area contributed by atoms with Crippen LogP contribution in [0.1, 0.15) is 24.9 Å². The first-order valence-electron chi connectivity index (χ1n) is 11.4. The van der Waals surface area contributed by atoms with E-state index in [1.807, 2.05) is 4.98 Å². The molecule has 0 saturated heterocycles. The van der Waals surface area contributed by atoms with Crippen LogP contribution in [0.5, 0.6) is 0 Å². The number of aliphatic hydroxyl groups is 4. The molecule has 2 fully saturated rings. The summed E-state index contributed by atoms with van der Waals surface area (Å²) in [6.45, 7) is -1.09. The van der Waals surface area contributed by atoms with E-state index in [2.05, 4.69) is 4.98 Å². The van der Waals surface area contributed by atoms with Crippen LogP contribution < -0.4 is 22.7 Å². The molecule has 0 spiro atoms. The van der Waals surface area contributed by atoms with E-state index in [9.17, 15) is 44.3 Å². The van der Waals surface area contributed by atoms with Crippen LogP contribution in [0.25, 0.3) is 0 Å². The molecular weight excluding hydrogens is 517 g/mol. The lowest BCUT2D eigenvalue weighted by molar-refractivity contribution is -0.0233. The van der Waals surface area contributed by atoms with Crippen molar-refractivity contribution >= 4 is 13.6 Å². The fraction of sp³-hybridized carbons (Fsp3) is 0.600. The highest BCUT2D eigenvalue weighted by molar-refractivity contribution is 7.47. The van der Waals surface area contributed by atoms with Crippen molar-refractivity contribution in [3.05, 3.63) is 55.8 Å². The molecule has 0 bridgehead atoms. The monoisotopic (exact) mass is 545 g/mol. The zero-order chi connectivity index (χ0) is 27.1. The summed E-state index contributed by atoms with van der Waals surface area (Å²) in [4.78, 5) is 51.5. The average Bonchev–Trinajstić information content (AvgIpc) is 3.28. The van der Waals surface area contributed by atoms with Crippen molar-refractivity contribution in [3.63, 3.8) is 0 Å². The lowest BCUT2D eigenvalue weighted by Crippen LogP contribution is -2.37. The van der Waals surface area contributed by atoms with E-state index in [-0.39, 0.29) is 18.7 Å². The molecular formula is C20H28N5O11P. The zero-order valence-electron chi connectivity index (χ0n) is 19.3. The van der Waals surface area contributed by atoms with E-state index in [1.54, 1.807) is 0 Å². The second kappa shape index (κ2) is 10.6. The molecule has 1 unspecified atom stereocenters. The summed E-state index contributed by atoms with van der Waals surface area (Å²) < 4.78 is 25.0. The number of nitrogens with two attached hydrogens (primary N) is 1. The third kappa shape index (κ3) is 5.61. The minimum absolute atomic E-state index is 0.0248. The Hall–Kier alpha value is -2.69. The van der Waals surface area contributed by atoms with Gasteiger partial charge in [-0.25, -0.2) is 14.2 Å². The second-order valence-corrected chi connectivity index (χ2v) is 10.6. The Morgan fingerprint density at radius 2 is 1.68 bits per heavy atom. The van der Waals surface area contributed by atoms with Gasteiger partial charge in [0.05, 0.1) is 24.8 Å². The standard InChI is InChI=1S/C20H28N5O11P/c21-13-1-3-24(19(31)22-13)12-5-9(7-26)18(17(12)30)36-37(33,34)35-8-10-6-11(16(29)15(10)28)25-4-2-14(27)23-20(25)32/h1-4,9-12,15-18,26,28-30H,5-8H2,(H,33,34)(H2,21,22,31)(H,23,27,32)/t9-,10-,11-,12-,15-,16+,17+,18-/m1/s1. The smallest absolute Gasteiger partial charge is 0.396 e. The zero-order valence-corrected chi connectivity index (χ0v) is 20.2. The SMILES string of the molecule is Nc1ccn([C@@H]2C[C@H](CO)[C@@H](OP(=O)(O)OC[C@H]3C[C@@H](n4ccc(=O)[nH]c4=O)[C@H](O)[C@@H]3O)[C@H]2O)c(=O)n1. The molecule has 17 heteroatoms.